The van der Waals surface area contributed by atoms with Crippen molar-refractivity contribution in [2.24, 2.45) is 0 Å². The third-order valence-corrected chi connectivity index (χ3v) is 5.19. The normalized spacial score (nSPS) is 10.7. The second kappa shape index (κ2) is 9.09. The van der Waals surface area contributed by atoms with Crippen LogP contribution >= 0.6 is 22.9 Å². The number of methoxy groups -OCH3 is 1. The lowest BCUT2D eigenvalue weighted by Crippen LogP contribution is -2.10. The molecule has 0 atom stereocenters. The van der Waals surface area contributed by atoms with Crippen LogP contribution in [0.3, 0.4) is 0 Å². The Hall–Kier alpha value is -2.55. The molecule has 1 N–H and O–H groups in total. The molecule has 0 aliphatic carbocycles. The Morgan fingerprint density at radius 3 is 2.75 bits per heavy atom. The first kappa shape index (κ1) is 20.2. The van der Waals surface area contributed by atoms with Crippen LogP contribution < -0.4 is 5.32 Å². The first-order chi connectivity index (χ1) is 13.5. The summed E-state index contributed by atoms with van der Waals surface area (Å²) in [4.78, 5) is 26.3. The van der Waals surface area contributed by atoms with E-state index in [4.69, 9.17) is 21.1 Å². The summed E-state index contributed by atoms with van der Waals surface area (Å²) >= 11 is 7.84. The van der Waals surface area contributed by atoms with Crippen LogP contribution in [0.1, 0.15) is 21.1 Å². The Labute approximate surface area is 171 Å². The van der Waals surface area contributed by atoms with Crippen LogP contribution in [-0.2, 0) is 9.47 Å². The molecule has 7 nitrogen and oxygen atoms in total. The molecule has 3 aromatic rings. The first-order valence-corrected chi connectivity index (χ1v) is 9.67. The molecule has 0 bridgehead atoms. The summed E-state index contributed by atoms with van der Waals surface area (Å²) < 4.78 is 10.0. The first-order valence-electron chi connectivity index (χ1n) is 8.48. The van der Waals surface area contributed by atoms with Crippen molar-refractivity contribution in [3.63, 3.8) is 0 Å². The zero-order valence-corrected chi connectivity index (χ0v) is 17.2. The van der Waals surface area contributed by atoms with Gasteiger partial charge in [-0.25, -0.2) is 19.7 Å². The summed E-state index contributed by atoms with van der Waals surface area (Å²) in [5.41, 5.74) is 2.57. The number of hydrogen-bond donors (Lipinski definition) is 1. The quantitative estimate of drug-likeness (QED) is 0.449. The van der Waals surface area contributed by atoms with E-state index in [1.807, 2.05) is 19.9 Å². The molecule has 0 spiro atoms. The second-order valence-corrected chi connectivity index (χ2v) is 7.47. The second-order valence-electron chi connectivity index (χ2n) is 5.86. The summed E-state index contributed by atoms with van der Waals surface area (Å²) in [7, 11) is 1.54. The highest BCUT2D eigenvalue weighted by atomic mass is 35.5. The van der Waals surface area contributed by atoms with Crippen LogP contribution in [0.15, 0.2) is 30.5 Å². The van der Waals surface area contributed by atoms with Crippen LogP contribution in [0.25, 0.3) is 10.6 Å². The molecule has 0 fully saturated rings. The SMILES string of the molecule is COCCOC(=O)c1ccc(Cl)c(Nc2nccc(-c3sc(C)nc3C)n2)c1. The van der Waals surface area contributed by atoms with Gasteiger partial charge in [-0.1, -0.05) is 11.6 Å². The number of carbonyl (C=O) groups is 1. The molecular formula is C19H19ClN4O3S. The minimum atomic E-state index is -0.456. The monoisotopic (exact) mass is 418 g/mol. The number of ether oxygens (including phenoxy) is 2. The summed E-state index contributed by atoms with van der Waals surface area (Å²) in [5, 5.41) is 4.48. The Morgan fingerprint density at radius 1 is 1.21 bits per heavy atom. The average molecular weight is 419 g/mol. The van der Waals surface area contributed by atoms with E-state index < -0.39 is 5.97 Å². The van der Waals surface area contributed by atoms with Crippen molar-refractivity contribution in [3.8, 4) is 10.6 Å². The molecule has 3 rings (SSSR count). The van der Waals surface area contributed by atoms with Gasteiger partial charge in [-0.05, 0) is 38.1 Å². The summed E-state index contributed by atoms with van der Waals surface area (Å²) in [5.74, 6) is -0.0862. The van der Waals surface area contributed by atoms with Crippen LogP contribution in [0.2, 0.25) is 5.02 Å². The number of nitrogens with one attached hydrogen (secondary N) is 1. The molecular weight excluding hydrogens is 400 g/mol. The third-order valence-electron chi connectivity index (χ3n) is 3.76. The van der Waals surface area contributed by atoms with Gasteiger partial charge < -0.3 is 14.8 Å². The van der Waals surface area contributed by atoms with E-state index in [0.717, 1.165) is 21.3 Å². The fourth-order valence-electron chi connectivity index (χ4n) is 2.48. The molecule has 1 aromatic carbocycles. The lowest BCUT2D eigenvalue weighted by atomic mass is 10.2. The Balaban J connectivity index is 1.82. The molecule has 28 heavy (non-hydrogen) atoms. The molecule has 2 heterocycles. The van der Waals surface area contributed by atoms with Gasteiger partial charge in [0, 0.05) is 13.3 Å². The number of aromatic nitrogens is 3. The fourth-order valence-corrected chi connectivity index (χ4v) is 3.54. The number of rotatable bonds is 7. The van der Waals surface area contributed by atoms with Gasteiger partial charge in [0.05, 0.1) is 44.2 Å². The van der Waals surface area contributed by atoms with E-state index in [1.165, 1.54) is 0 Å². The molecule has 0 aliphatic rings. The highest BCUT2D eigenvalue weighted by Crippen LogP contribution is 2.30. The lowest BCUT2D eigenvalue weighted by molar-refractivity contribution is 0.0388. The van der Waals surface area contributed by atoms with E-state index in [2.05, 4.69) is 20.3 Å². The highest BCUT2D eigenvalue weighted by Gasteiger charge is 2.13. The summed E-state index contributed by atoms with van der Waals surface area (Å²) in [6.45, 7) is 4.42. The van der Waals surface area contributed by atoms with Crippen molar-refractivity contribution in [2.75, 3.05) is 25.6 Å². The van der Waals surface area contributed by atoms with Crippen molar-refractivity contribution < 1.29 is 14.3 Å². The van der Waals surface area contributed by atoms with Gasteiger partial charge in [-0.3, -0.25) is 0 Å². The smallest absolute Gasteiger partial charge is 0.338 e. The van der Waals surface area contributed by atoms with Crippen LogP contribution in [0, 0.1) is 13.8 Å². The molecule has 0 saturated heterocycles. The molecule has 0 unspecified atom stereocenters. The Morgan fingerprint density at radius 2 is 2.04 bits per heavy atom. The minimum absolute atomic E-state index is 0.180. The van der Waals surface area contributed by atoms with Gasteiger partial charge in [0.1, 0.15) is 6.61 Å². The van der Waals surface area contributed by atoms with E-state index in [9.17, 15) is 4.79 Å². The number of benzene rings is 1. The number of thiazole rings is 1. The number of carbonyl (C=O) groups excluding carboxylic acids is 1. The van der Waals surface area contributed by atoms with Crippen molar-refractivity contribution in [3.05, 3.63) is 51.7 Å². The number of halogens is 1. The maximum atomic E-state index is 12.1. The zero-order valence-electron chi connectivity index (χ0n) is 15.7. The van der Waals surface area contributed by atoms with E-state index in [1.54, 1.807) is 42.8 Å². The van der Waals surface area contributed by atoms with Crippen molar-refractivity contribution in [1.29, 1.82) is 0 Å². The van der Waals surface area contributed by atoms with Gasteiger partial charge in [-0.15, -0.1) is 11.3 Å². The number of anilines is 2. The summed E-state index contributed by atoms with van der Waals surface area (Å²) in [6.07, 6.45) is 1.66. The molecule has 146 valence electrons. The number of aryl methyl sites for hydroxylation is 2. The predicted octanol–water partition coefficient (Wildman–Crippen LogP) is 4.42. The van der Waals surface area contributed by atoms with Gasteiger partial charge in [-0.2, -0.15) is 0 Å². The van der Waals surface area contributed by atoms with Gasteiger partial charge in [0.25, 0.3) is 0 Å². The zero-order chi connectivity index (χ0) is 20.1. The standard InChI is InChI=1S/C19H19ClN4O3S/c1-11-17(28-12(2)22-11)15-6-7-21-19(23-15)24-16-10-13(4-5-14(16)20)18(25)27-9-8-26-3/h4-7,10H,8-9H2,1-3H3,(H,21,23,24). The maximum Gasteiger partial charge on any atom is 0.338 e. The van der Waals surface area contributed by atoms with Gasteiger partial charge in [0.15, 0.2) is 0 Å². The highest BCUT2D eigenvalue weighted by molar-refractivity contribution is 7.15. The van der Waals surface area contributed by atoms with Crippen molar-refractivity contribution in [1.82, 2.24) is 15.0 Å². The number of nitrogens with zero attached hydrogens (tertiary/aromatic N) is 3. The summed E-state index contributed by atoms with van der Waals surface area (Å²) in [6, 6.07) is 6.66. The van der Waals surface area contributed by atoms with Gasteiger partial charge >= 0.3 is 5.97 Å². The van der Waals surface area contributed by atoms with E-state index in [0.29, 0.717) is 28.8 Å². The molecule has 2 aromatic heterocycles. The topological polar surface area (TPSA) is 86.2 Å². The molecule has 0 amide bonds. The van der Waals surface area contributed by atoms with Crippen LogP contribution in [-0.4, -0.2) is 41.2 Å². The Bertz CT molecular complexity index is 993. The van der Waals surface area contributed by atoms with Crippen LogP contribution in [0.5, 0.6) is 0 Å². The molecule has 9 heteroatoms. The van der Waals surface area contributed by atoms with Gasteiger partial charge in [0.2, 0.25) is 5.95 Å². The predicted molar refractivity (Wildman–Crippen MR) is 110 cm³/mol. The fraction of sp³-hybridized carbons (Fsp3) is 0.263. The Kier molecular flexibility index (Phi) is 6.56. The largest absolute Gasteiger partial charge is 0.460 e. The third kappa shape index (κ3) is 4.83. The maximum absolute atomic E-state index is 12.1. The molecule has 0 saturated carbocycles. The average Bonchev–Trinajstić information content (AvgIpc) is 3.02. The van der Waals surface area contributed by atoms with Crippen molar-refractivity contribution >= 4 is 40.5 Å². The molecule has 0 aliphatic heterocycles. The lowest BCUT2D eigenvalue weighted by Gasteiger charge is -2.10. The minimum Gasteiger partial charge on any atom is -0.460 e. The van der Waals surface area contributed by atoms with Crippen molar-refractivity contribution in [2.45, 2.75) is 13.8 Å². The van der Waals surface area contributed by atoms with E-state index >= 15 is 0 Å². The van der Waals surface area contributed by atoms with Crippen LogP contribution in [0.4, 0.5) is 11.6 Å². The van der Waals surface area contributed by atoms with E-state index in [-0.39, 0.29) is 6.61 Å². The number of hydrogen-bond acceptors (Lipinski definition) is 8. The number of esters is 1. The molecule has 0 radical (unpaired) electrons.